The minimum Gasteiger partial charge on any atom is -0.316 e. The predicted octanol–water partition coefficient (Wildman–Crippen LogP) is 3.42. The van der Waals surface area contributed by atoms with Crippen LogP contribution in [0.2, 0.25) is 0 Å². The van der Waals surface area contributed by atoms with Crippen molar-refractivity contribution in [2.24, 2.45) is 5.41 Å². The molecule has 2 fully saturated rings. The van der Waals surface area contributed by atoms with E-state index in [-0.39, 0.29) is 12.4 Å². The number of hydrogen-bond acceptors (Lipinski definition) is 4. The number of nitrogens with one attached hydrogen (secondary N) is 1. The Morgan fingerprint density at radius 3 is 2.86 bits per heavy atom. The van der Waals surface area contributed by atoms with Crippen molar-refractivity contribution < 1.29 is 0 Å². The van der Waals surface area contributed by atoms with Gasteiger partial charge < -0.3 is 5.32 Å². The molecule has 0 radical (unpaired) electrons. The van der Waals surface area contributed by atoms with Gasteiger partial charge in [0.15, 0.2) is 0 Å². The van der Waals surface area contributed by atoms with Gasteiger partial charge in [-0.05, 0) is 31.3 Å². The molecule has 3 nitrogen and oxygen atoms in total. The van der Waals surface area contributed by atoms with Crippen LogP contribution in [0.1, 0.15) is 18.5 Å². The maximum atomic E-state index is 4.82. The molecule has 22 heavy (non-hydrogen) atoms. The van der Waals surface area contributed by atoms with Crippen LogP contribution in [0.15, 0.2) is 35.7 Å². The quantitative estimate of drug-likeness (QED) is 0.931. The Balaban J connectivity index is 0.00000144. The summed E-state index contributed by atoms with van der Waals surface area (Å²) in [6, 6.07) is 10.5. The summed E-state index contributed by atoms with van der Waals surface area (Å²) in [6.45, 7) is 5.86. The highest BCUT2D eigenvalue weighted by Gasteiger charge is 2.40. The van der Waals surface area contributed by atoms with Crippen molar-refractivity contribution in [3.05, 3.63) is 41.4 Å². The zero-order valence-electron chi connectivity index (χ0n) is 12.6. The lowest BCUT2D eigenvalue weighted by atomic mass is 9.87. The van der Waals surface area contributed by atoms with Gasteiger partial charge in [0.2, 0.25) is 0 Å². The van der Waals surface area contributed by atoms with E-state index < -0.39 is 0 Å². The van der Waals surface area contributed by atoms with Gasteiger partial charge in [0.25, 0.3) is 0 Å². The van der Waals surface area contributed by atoms with E-state index in [9.17, 15) is 0 Å². The smallest absolute Gasteiger partial charge is 0.123 e. The van der Waals surface area contributed by atoms with Crippen LogP contribution < -0.4 is 5.32 Å². The molecule has 4 rings (SSSR count). The summed E-state index contributed by atoms with van der Waals surface area (Å²) in [5.74, 6) is 0. The van der Waals surface area contributed by atoms with Crippen LogP contribution in [0.25, 0.3) is 10.6 Å². The molecular weight excluding hydrogens is 314 g/mol. The molecule has 0 saturated carbocycles. The Kier molecular flexibility index (Phi) is 4.83. The van der Waals surface area contributed by atoms with E-state index in [2.05, 4.69) is 45.9 Å². The van der Waals surface area contributed by atoms with Crippen LogP contribution in [0, 0.1) is 5.41 Å². The van der Waals surface area contributed by atoms with Crippen molar-refractivity contribution in [1.29, 1.82) is 0 Å². The van der Waals surface area contributed by atoms with Crippen LogP contribution in [-0.2, 0) is 6.54 Å². The highest BCUT2D eigenvalue weighted by molar-refractivity contribution is 7.13. The standard InChI is InChI=1S/C17H21N3S.ClH/c1-2-4-14(5-3-1)16-19-15(11-21-16)10-20-9-7-17(13-20)6-8-18-12-17;/h1-5,11,18H,6-10,12-13H2;1H. The van der Waals surface area contributed by atoms with Crippen LogP contribution in [0.5, 0.6) is 0 Å². The Labute approximate surface area is 142 Å². The first-order valence-corrected chi connectivity index (χ1v) is 8.64. The monoisotopic (exact) mass is 335 g/mol. The van der Waals surface area contributed by atoms with Crippen LogP contribution in [-0.4, -0.2) is 36.1 Å². The van der Waals surface area contributed by atoms with Gasteiger partial charge >= 0.3 is 0 Å². The summed E-state index contributed by atoms with van der Waals surface area (Å²) in [5, 5.41) is 6.89. The Hall–Kier alpha value is -0.940. The lowest BCUT2D eigenvalue weighted by Crippen LogP contribution is -2.29. The third-order valence-electron chi connectivity index (χ3n) is 4.81. The van der Waals surface area contributed by atoms with Crippen molar-refractivity contribution in [3.8, 4) is 10.6 Å². The van der Waals surface area contributed by atoms with Crippen molar-refractivity contribution in [1.82, 2.24) is 15.2 Å². The lowest BCUT2D eigenvalue weighted by molar-refractivity contribution is 0.267. The third-order valence-corrected chi connectivity index (χ3v) is 5.75. The highest BCUT2D eigenvalue weighted by Crippen LogP contribution is 2.36. The van der Waals surface area contributed by atoms with Gasteiger partial charge in [0.05, 0.1) is 5.69 Å². The number of rotatable bonds is 3. The molecule has 2 aromatic rings. The average Bonchev–Trinajstić information content (AvgIpc) is 3.24. The molecule has 2 saturated heterocycles. The predicted molar refractivity (Wildman–Crippen MR) is 94.6 cm³/mol. The van der Waals surface area contributed by atoms with Gasteiger partial charge in [0.1, 0.15) is 5.01 Å². The summed E-state index contributed by atoms with van der Waals surface area (Å²) < 4.78 is 0. The molecule has 0 aliphatic carbocycles. The first-order valence-electron chi connectivity index (χ1n) is 7.76. The van der Waals surface area contributed by atoms with E-state index in [1.807, 2.05) is 0 Å². The van der Waals surface area contributed by atoms with Crippen molar-refractivity contribution in [2.45, 2.75) is 19.4 Å². The van der Waals surface area contributed by atoms with Crippen molar-refractivity contribution in [2.75, 3.05) is 26.2 Å². The molecule has 3 heterocycles. The number of hydrogen-bond donors (Lipinski definition) is 1. The highest BCUT2D eigenvalue weighted by atomic mass is 35.5. The summed E-state index contributed by atoms with van der Waals surface area (Å²) in [6.07, 6.45) is 2.69. The van der Waals surface area contributed by atoms with E-state index in [0.29, 0.717) is 5.41 Å². The molecule has 118 valence electrons. The summed E-state index contributed by atoms with van der Waals surface area (Å²) >= 11 is 1.76. The molecule has 0 bridgehead atoms. The minimum absolute atomic E-state index is 0. The van der Waals surface area contributed by atoms with Gasteiger partial charge in [-0.3, -0.25) is 4.90 Å². The summed E-state index contributed by atoms with van der Waals surface area (Å²) in [5.41, 5.74) is 3.01. The zero-order valence-corrected chi connectivity index (χ0v) is 14.3. The molecule has 2 aliphatic heterocycles. The van der Waals surface area contributed by atoms with Gasteiger partial charge in [-0.25, -0.2) is 4.98 Å². The Bertz CT molecular complexity index is 607. The number of halogens is 1. The van der Waals surface area contributed by atoms with E-state index >= 15 is 0 Å². The second kappa shape index (κ2) is 6.67. The molecular formula is C17H22ClN3S. The molecule has 1 aromatic carbocycles. The normalized spacial score (nSPS) is 24.7. The maximum Gasteiger partial charge on any atom is 0.123 e. The number of nitrogens with zero attached hydrogens (tertiary/aromatic N) is 2. The molecule has 1 spiro atoms. The third kappa shape index (κ3) is 3.20. The maximum absolute atomic E-state index is 4.82. The zero-order chi connectivity index (χ0) is 14.1. The van der Waals surface area contributed by atoms with Crippen molar-refractivity contribution in [3.63, 3.8) is 0 Å². The minimum atomic E-state index is 0. The first kappa shape index (κ1) is 15.9. The van der Waals surface area contributed by atoms with Gasteiger partial charge in [-0.2, -0.15) is 0 Å². The van der Waals surface area contributed by atoms with Crippen LogP contribution in [0.3, 0.4) is 0 Å². The molecule has 0 amide bonds. The topological polar surface area (TPSA) is 28.2 Å². The van der Waals surface area contributed by atoms with E-state index in [1.165, 1.54) is 50.3 Å². The average molecular weight is 336 g/mol. The van der Waals surface area contributed by atoms with Crippen LogP contribution in [0.4, 0.5) is 0 Å². The van der Waals surface area contributed by atoms with Gasteiger partial charge in [-0.1, -0.05) is 30.3 Å². The van der Waals surface area contributed by atoms with E-state index in [1.54, 1.807) is 11.3 Å². The van der Waals surface area contributed by atoms with Gasteiger partial charge in [0, 0.05) is 30.6 Å². The molecule has 1 atom stereocenters. The fourth-order valence-electron chi connectivity index (χ4n) is 3.63. The number of thiazole rings is 1. The molecule has 2 aliphatic rings. The van der Waals surface area contributed by atoms with Crippen molar-refractivity contribution >= 4 is 23.7 Å². The fraction of sp³-hybridized carbons (Fsp3) is 0.471. The second-order valence-corrected chi connectivity index (χ2v) is 7.26. The van der Waals surface area contributed by atoms with Gasteiger partial charge in [-0.15, -0.1) is 23.7 Å². The largest absolute Gasteiger partial charge is 0.316 e. The summed E-state index contributed by atoms with van der Waals surface area (Å²) in [7, 11) is 0. The Morgan fingerprint density at radius 1 is 1.23 bits per heavy atom. The second-order valence-electron chi connectivity index (χ2n) is 6.40. The van der Waals surface area contributed by atoms with Crippen LogP contribution >= 0.6 is 23.7 Å². The Morgan fingerprint density at radius 2 is 2.09 bits per heavy atom. The molecule has 5 heteroatoms. The number of benzene rings is 1. The number of likely N-dealkylation sites (tertiary alicyclic amines) is 1. The molecule has 1 N–H and O–H groups in total. The molecule has 1 aromatic heterocycles. The number of aromatic nitrogens is 1. The van der Waals surface area contributed by atoms with E-state index in [0.717, 1.165) is 11.6 Å². The first-order chi connectivity index (χ1) is 10.3. The molecule has 1 unspecified atom stereocenters. The van der Waals surface area contributed by atoms with E-state index in [4.69, 9.17) is 4.98 Å². The summed E-state index contributed by atoms with van der Waals surface area (Å²) in [4.78, 5) is 7.40. The SMILES string of the molecule is Cl.c1ccc(-c2nc(CN3CCC4(CCNC4)C3)cs2)cc1. The lowest BCUT2D eigenvalue weighted by Gasteiger charge is -2.22. The fourth-order valence-corrected chi connectivity index (χ4v) is 4.45.